The molecule has 3 heteroatoms. The van der Waals surface area contributed by atoms with E-state index in [1.54, 1.807) is 0 Å². The average Bonchev–Trinajstić information content (AvgIpc) is 2.38. The molecule has 18 heavy (non-hydrogen) atoms. The van der Waals surface area contributed by atoms with Gasteiger partial charge in [-0.25, -0.2) is 8.78 Å². The van der Waals surface area contributed by atoms with Gasteiger partial charge in [-0.15, -0.1) is 0 Å². The monoisotopic (exact) mass is 247 g/mol. The Bertz CT molecular complexity index is 491. The third kappa shape index (κ3) is 2.57. The summed E-state index contributed by atoms with van der Waals surface area (Å²) in [5.41, 5.74) is 0.925. The molecule has 0 aliphatic heterocycles. The van der Waals surface area contributed by atoms with Crippen LogP contribution in [0.4, 0.5) is 8.78 Å². The molecule has 1 unspecified atom stereocenters. The van der Waals surface area contributed by atoms with Crippen molar-refractivity contribution in [2.45, 2.75) is 13.0 Å². The van der Waals surface area contributed by atoms with Crippen LogP contribution < -0.4 is 5.32 Å². The largest absolute Gasteiger partial charge is 0.306 e. The Hall–Kier alpha value is -1.74. The molecule has 0 saturated carbocycles. The first-order valence-corrected chi connectivity index (χ1v) is 5.96. The average molecular weight is 247 g/mol. The fraction of sp³-hybridized carbons (Fsp3) is 0.200. The molecule has 0 bridgehead atoms. The minimum atomic E-state index is -0.523. The summed E-state index contributed by atoms with van der Waals surface area (Å²) >= 11 is 0. The number of benzene rings is 2. The summed E-state index contributed by atoms with van der Waals surface area (Å²) in [5.74, 6) is -1.05. The third-order valence-electron chi connectivity index (χ3n) is 2.83. The Labute approximate surface area is 105 Å². The molecule has 0 spiro atoms. The number of hydrogen-bond donors (Lipinski definition) is 1. The minimum Gasteiger partial charge on any atom is -0.306 e. The number of nitrogens with one attached hydrogen (secondary N) is 1. The molecular formula is C15H15F2N. The van der Waals surface area contributed by atoms with Gasteiger partial charge in [0.25, 0.3) is 0 Å². The molecule has 0 heterocycles. The van der Waals surface area contributed by atoms with Crippen molar-refractivity contribution in [3.63, 3.8) is 0 Å². The van der Waals surface area contributed by atoms with Crippen LogP contribution in [0.5, 0.6) is 0 Å². The van der Waals surface area contributed by atoms with Crippen molar-refractivity contribution < 1.29 is 8.78 Å². The van der Waals surface area contributed by atoms with Crippen molar-refractivity contribution in [2.75, 3.05) is 6.54 Å². The van der Waals surface area contributed by atoms with Gasteiger partial charge in [0.15, 0.2) is 0 Å². The predicted molar refractivity (Wildman–Crippen MR) is 68.3 cm³/mol. The predicted octanol–water partition coefficient (Wildman–Crippen LogP) is 3.66. The van der Waals surface area contributed by atoms with Crippen LogP contribution in [0.1, 0.15) is 24.1 Å². The summed E-state index contributed by atoms with van der Waals surface area (Å²) in [4.78, 5) is 0. The molecule has 2 rings (SSSR count). The van der Waals surface area contributed by atoms with E-state index in [4.69, 9.17) is 0 Å². The van der Waals surface area contributed by atoms with E-state index in [-0.39, 0.29) is 5.56 Å². The van der Waals surface area contributed by atoms with Crippen LogP contribution in [-0.4, -0.2) is 6.54 Å². The summed E-state index contributed by atoms with van der Waals surface area (Å²) in [7, 11) is 0. The van der Waals surface area contributed by atoms with Crippen molar-refractivity contribution in [3.05, 3.63) is 71.3 Å². The van der Waals surface area contributed by atoms with E-state index in [1.165, 1.54) is 18.2 Å². The van der Waals surface area contributed by atoms with Gasteiger partial charge < -0.3 is 5.32 Å². The minimum absolute atomic E-state index is 0.0746. The molecule has 0 aromatic heterocycles. The van der Waals surface area contributed by atoms with E-state index in [0.29, 0.717) is 6.54 Å². The second-order valence-corrected chi connectivity index (χ2v) is 4.04. The highest BCUT2D eigenvalue weighted by Gasteiger charge is 2.20. The summed E-state index contributed by atoms with van der Waals surface area (Å²) in [6.45, 7) is 2.54. The smallest absolute Gasteiger partial charge is 0.131 e. The van der Waals surface area contributed by atoms with Crippen molar-refractivity contribution in [1.29, 1.82) is 0 Å². The lowest BCUT2D eigenvalue weighted by molar-refractivity contribution is 0.510. The van der Waals surface area contributed by atoms with Crippen LogP contribution in [0.25, 0.3) is 0 Å². The van der Waals surface area contributed by atoms with Gasteiger partial charge in [-0.05, 0) is 24.2 Å². The van der Waals surface area contributed by atoms with Crippen molar-refractivity contribution in [3.8, 4) is 0 Å². The molecular weight excluding hydrogens is 232 g/mol. The Morgan fingerprint density at radius 1 is 0.944 bits per heavy atom. The van der Waals surface area contributed by atoms with Crippen molar-refractivity contribution in [2.24, 2.45) is 0 Å². The van der Waals surface area contributed by atoms with Gasteiger partial charge in [0, 0.05) is 5.56 Å². The van der Waals surface area contributed by atoms with Crippen molar-refractivity contribution >= 4 is 0 Å². The van der Waals surface area contributed by atoms with Gasteiger partial charge in [0.1, 0.15) is 11.6 Å². The Morgan fingerprint density at radius 3 is 2.11 bits per heavy atom. The molecule has 2 aromatic carbocycles. The highest BCUT2D eigenvalue weighted by Crippen LogP contribution is 2.26. The van der Waals surface area contributed by atoms with Crippen LogP contribution in [0.2, 0.25) is 0 Å². The van der Waals surface area contributed by atoms with E-state index in [9.17, 15) is 8.78 Å². The maximum Gasteiger partial charge on any atom is 0.131 e. The second kappa shape index (κ2) is 5.74. The Morgan fingerprint density at radius 2 is 1.56 bits per heavy atom. The fourth-order valence-electron chi connectivity index (χ4n) is 2.02. The lowest BCUT2D eigenvalue weighted by Crippen LogP contribution is -2.24. The zero-order valence-electron chi connectivity index (χ0n) is 10.2. The number of halogens is 2. The van der Waals surface area contributed by atoms with Crippen LogP contribution in [0.3, 0.4) is 0 Å². The zero-order valence-corrected chi connectivity index (χ0v) is 10.2. The SMILES string of the molecule is CCNC(c1ccccc1)c1c(F)cccc1F. The maximum absolute atomic E-state index is 13.8. The standard InChI is InChI=1S/C15H15F2N/c1-2-18-15(11-7-4-3-5-8-11)14-12(16)9-6-10-13(14)17/h3-10,15,18H,2H2,1H3. The normalized spacial score (nSPS) is 12.4. The Balaban J connectivity index is 2.48. The topological polar surface area (TPSA) is 12.0 Å². The second-order valence-electron chi connectivity index (χ2n) is 4.04. The van der Waals surface area contributed by atoms with Crippen molar-refractivity contribution in [1.82, 2.24) is 5.32 Å². The van der Waals surface area contributed by atoms with Gasteiger partial charge >= 0.3 is 0 Å². The summed E-state index contributed by atoms with van der Waals surface area (Å²) in [5, 5.41) is 3.12. The fourth-order valence-corrected chi connectivity index (χ4v) is 2.02. The molecule has 1 atom stereocenters. The highest BCUT2D eigenvalue weighted by molar-refractivity contribution is 5.33. The van der Waals surface area contributed by atoms with Gasteiger partial charge in [0.2, 0.25) is 0 Å². The van der Waals surface area contributed by atoms with Crippen LogP contribution in [-0.2, 0) is 0 Å². The lowest BCUT2D eigenvalue weighted by Gasteiger charge is -2.20. The first-order chi connectivity index (χ1) is 8.74. The molecule has 0 saturated heterocycles. The van der Waals surface area contributed by atoms with Crippen LogP contribution in [0, 0.1) is 11.6 Å². The number of rotatable bonds is 4. The zero-order chi connectivity index (χ0) is 13.0. The Kier molecular flexibility index (Phi) is 4.05. The highest BCUT2D eigenvalue weighted by atomic mass is 19.1. The molecule has 0 radical (unpaired) electrons. The lowest BCUT2D eigenvalue weighted by atomic mass is 9.97. The molecule has 1 nitrogen and oxygen atoms in total. The van der Waals surface area contributed by atoms with E-state index < -0.39 is 17.7 Å². The van der Waals surface area contributed by atoms with E-state index in [2.05, 4.69) is 5.32 Å². The summed E-state index contributed by atoms with van der Waals surface area (Å²) in [6.07, 6.45) is 0. The molecule has 0 amide bonds. The molecule has 94 valence electrons. The first kappa shape index (κ1) is 12.7. The quantitative estimate of drug-likeness (QED) is 0.869. The molecule has 0 aliphatic carbocycles. The van der Waals surface area contributed by atoms with Gasteiger partial charge in [-0.3, -0.25) is 0 Å². The third-order valence-corrected chi connectivity index (χ3v) is 2.83. The van der Waals surface area contributed by atoms with E-state index in [0.717, 1.165) is 5.56 Å². The van der Waals surface area contributed by atoms with E-state index in [1.807, 2.05) is 37.3 Å². The summed E-state index contributed by atoms with van der Waals surface area (Å²) < 4.78 is 27.7. The van der Waals surface area contributed by atoms with Crippen LogP contribution in [0.15, 0.2) is 48.5 Å². The molecule has 0 fully saturated rings. The molecule has 0 aliphatic rings. The van der Waals surface area contributed by atoms with Gasteiger partial charge in [-0.2, -0.15) is 0 Å². The van der Waals surface area contributed by atoms with Gasteiger partial charge in [0.05, 0.1) is 6.04 Å². The number of hydrogen-bond acceptors (Lipinski definition) is 1. The van der Waals surface area contributed by atoms with Gasteiger partial charge in [-0.1, -0.05) is 43.3 Å². The maximum atomic E-state index is 13.8. The molecule has 2 aromatic rings. The van der Waals surface area contributed by atoms with E-state index >= 15 is 0 Å². The summed E-state index contributed by atoms with van der Waals surface area (Å²) in [6, 6.07) is 12.8. The first-order valence-electron chi connectivity index (χ1n) is 5.96. The van der Waals surface area contributed by atoms with Crippen LogP contribution >= 0.6 is 0 Å². The molecule has 1 N–H and O–H groups in total.